The molecule has 0 aromatic heterocycles. The van der Waals surface area contributed by atoms with Crippen molar-refractivity contribution in [3.63, 3.8) is 0 Å². The third-order valence-corrected chi connectivity index (χ3v) is 8.34. The Morgan fingerprint density at radius 2 is 1.56 bits per heavy atom. The molecule has 0 aliphatic heterocycles. The van der Waals surface area contributed by atoms with Gasteiger partial charge in [-0.2, -0.15) is 0 Å². The minimum atomic E-state index is -0.883. The molecule has 6 atom stereocenters. The van der Waals surface area contributed by atoms with Crippen molar-refractivity contribution in [2.24, 2.45) is 16.7 Å². The Hall–Kier alpha value is 2.32. The van der Waals surface area contributed by atoms with Crippen molar-refractivity contribution in [1.29, 1.82) is 0 Å². The third kappa shape index (κ3) is 1.73. The predicted octanol–water partition coefficient (Wildman–Crippen LogP) is 5.66. The molecule has 2 fully saturated rings. The van der Waals surface area contributed by atoms with E-state index in [9.17, 15) is 0 Å². The van der Waals surface area contributed by atoms with E-state index < -0.39 is 25.9 Å². The maximum atomic E-state index is 6.45. The second kappa shape index (κ2) is 5.51. The van der Waals surface area contributed by atoms with Crippen molar-refractivity contribution in [1.82, 2.24) is 0 Å². The molecule has 0 amide bonds. The molecule has 106 valence electrons. The monoisotopic (exact) mass is 410 g/mol. The average molecular weight is 414 g/mol. The molecule has 0 heterocycles. The molecule has 2 bridgehead atoms. The molecule has 0 nitrogen and oxygen atoms in total. The lowest BCUT2D eigenvalue weighted by atomic mass is 9.69. The highest BCUT2D eigenvalue weighted by Crippen LogP contribution is 2.75. The van der Waals surface area contributed by atoms with E-state index in [0.29, 0.717) is 6.42 Å². The summed E-state index contributed by atoms with van der Waals surface area (Å²) in [6, 6.07) is 0. The first-order valence-corrected chi connectivity index (χ1v) is 8.91. The number of hydrogen-bond acceptors (Lipinski definition) is 0. The van der Waals surface area contributed by atoms with Crippen LogP contribution in [0.25, 0.3) is 0 Å². The van der Waals surface area contributed by atoms with Gasteiger partial charge in [-0.3, -0.25) is 0 Å². The van der Waals surface area contributed by atoms with E-state index in [-0.39, 0.29) is 22.6 Å². The first-order chi connectivity index (χ1) is 8.28. The van der Waals surface area contributed by atoms with E-state index in [2.05, 4.69) is 0 Å². The highest BCUT2D eigenvalue weighted by molar-refractivity contribution is 6.48. The molecular weight excluding hydrogens is 404 g/mol. The van der Waals surface area contributed by atoms with Crippen LogP contribution in [0.3, 0.4) is 0 Å². The topological polar surface area (TPSA) is 0 Å². The molecule has 0 spiro atoms. The lowest BCUT2D eigenvalue weighted by Crippen LogP contribution is -2.54. The van der Waals surface area contributed by atoms with Crippen molar-refractivity contribution in [2.45, 2.75) is 32.2 Å². The minimum absolute atomic E-state index is 0.0957. The van der Waals surface area contributed by atoms with Crippen LogP contribution in [0.15, 0.2) is 0 Å². The minimum Gasteiger partial charge on any atom is -0.126 e. The normalized spacial score (nSPS) is 51.7. The average Bonchev–Trinajstić information content (AvgIpc) is 2.66. The van der Waals surface area contributed by atoms with Gasteiger partial charge in [-0.25, -0.2) is 0 Å². The van der Waals surface area contributed by atoms with Gasteiger partial charge in [0.05, 0.1) is 10.8 Å². The van der Waals surface area contributed by atoms with Crippen LogP contribution in [0.5, 0.6) is 0 Å². The van der Waals surface area contributed by atoms with E-state index in [1.807, 2.05) is 0 Å². The van der Waals surface area contributed by atoms with Gasteiger partial charge in [-0.05, 0) is 12.3 Å². The van der Waals surface area contributed by atoms with Crippen LogP contribution >= 0.6 is 92.8 Å². The lowest BCUT2D eigenvalue weighted by Gasteiger charge is -2.47. The maximum absolute atomic E-state index is 6.45. The fourth-order valence-electron chi connectivity index (χ4n) is 3.64. The summed E-state index contributed by atoms with van der Waals surface area (Å²) >= 11 is 50.2. The first-order valence-electron chi connectivity index (χ1n) is 5.32. The zero-order valence-corrected chi connectivity index (χ0v) is 14.9. The molecule has 0 N–H and O–H groups in total. The van der Waals surface area contributed by atoms with Gasteiger partial charge in [0, 0.05) is 22.1 Å². The van der Waals surface area contributed by atoms with E-state index in [0.717, 1.165) is 0 Å². The largest absolute Gasteiger partial charge is 0.126 e. The molecule has 2 saturated carbocycles. The standard InChI is InChI=1S/C10H10Cl8/c11-2-9(7(15)16)3-1-4(12)10(9,8(17)18)6(14)5(3)13/h3-8H,1-2H2/t3-,4+,5-,6+,9?,10?/m0/s1. The van der Waals surface area contributed by atoms with Gasteiger partial charge < -0.3 is 0 Å². The fraction of sp³-hybridized carbons (Fsp3) is 1.00. The van der Waals surface area contributed by atoms with Gasteiger partial charge in [0.1, 0.15) is 9.67 Å². The van der Waals surface area contributed by atoms with Crippen LogP contribution in [-0.2, 0) is 0 Å². The van der Waals surface area contributed by atoms with E-state index >= 15 is 0 Å². The summed E-state index contributed by atoms with van der Waals surface area (Å²) in [4.78, 5) is -1.62. The second-order valence-corrected chi connectivity index (χ2v) is 8.83. The Morgan fingerprint density at radius 1 is 1.00 bits per heavy atom. The highest BCUT2D eigenvalue weighted by atomic mass is 35.5. The Bertz CT molecular complexity index is 334. The smallest absolute Gasteiger partial charge is 0.117 e. The van der Waals surface area contributed by atoms with Gasteiger partial charge in [-0.1, -0.05) is 0 Å². The number of hydrogen-bond donors (Lipinski definition) is 0. The lowest BCUT2D eigenvalue weighted by molar-refractivity contribution is 0.147. The van der Waals surface area contributed by atoms with Gasteiger partial charge >= 0.3 is 0 Å². The second-order valence-electron chi connectivity index (χ2n) is 4.86. The maximum Gasteiger partial charge on any atom is 0.117 e. The predicted molar refractivity (Wildman–Crippen MR) is 83.6 cm³/mol. The van der Waals surface area contributed by atoms with Crippen LogP contribution in [-0.4, -0.2) is 31.7 Å². The van der Waals surface area contributed by atoms with Gasteiger partial charge in [0.15, 0.2) is 0 Å². The van der Waals surface area contributed by atoms with E-state index in [1.165, 1.54) is 0 Å². The first kappa shape index (κ1) is 16.7. The Kier molecular flexibility index (Phi) is 5.10. The summed E-state index contributed by atoms with van der Waals surface area (Å²) in [5.74, 6) is 0.0719. The zero-order valence-electron chi connectivity index (χ0n) is 8.90. The molecule has 8 heteroatoms. The molecule has 2 rings (SSSR count). The molecule has 0 saturated heterocycles. The van der Waals surface area contributed by atoms with Crippen LogP contribution in [0.4, 0.5) is 0 Å². The summed E-state index contributed by atoms with van der Waals surface area (Å²) in [7, 11) is 0. The Morgan fingerprint density at radius 3 is 1.89 bits per heavy atom. The van der Waals surface area contributed by atoms with Crippen LogP contribution in [0.1, 0.15) is 6.42 Å². The van der Waals surface area contributed by atoms with Crippen molar-refractivity contribution >= 4 is 92.8 Å². The number of alkyl halides is 8. The van der Waals surface area contributed by atoms with Crippen LogP contribution in [0, 0.1) is 16.7 Å². The Labute approximate surface area is 146 Å². The highest BCUT2D eigenvalue weighted by Gasteiger charge is 2.79. The van der Waals surface area contributed by atoms with Crippen molar-refractivity contribution in [2.75, 3.05) is 5.88 Å². The molecule has 2 unspecified atom stereocenters. The number of rotatable bonds is 3. The van der Waals surface area contributed by atoms with E-state index in [4.69, 9.17) is 92.8 Å². The SMILES string of the molecule is ClCC1(C(Cl)Cl)[C@H]2C[C@@H](Cl)C1(C(Cl)Cl)[C@H](Cl)[C@H]2Cl. The molecule has 2 aliphatic carbocycles. The van der Waals surface area contributed by atoms with Gasteiger partial charge in [0.2, 0.25) is 0 Å². The van der Waals surface area contributed by atoms with Crippen LogP contribution < -0.4 is 0 Å². The van der Waals surface area contributed by atoms with Crippen molar-refractivity contribution in [3.05, 3.63) is 0 Å². The molecular formula is C10H10Cl8. The quantitative estimate of drug-likeness (QED) is 0.524. The summed E-state index contributed by atoms with van der Waals surface area (Å²) in [6.07, 6.45) is 0.609. The van der Waals surface area contributed by atoms with Crippen molar-refractivity contribution in [3.8, 4) is 0 Å². The fourth-order valence-corrected chi connectivity index (χ4v) is 8.39. The number of fused-ring (bicyclic) bond motifs is 2. The molecule has 2 aliphatic rings. The summed E-state index contributed by atoms with van der Waals surface area (Å²) in [6.45, 7) is 0. The molecule has 0 radical (unpaired) electrons. The summed E-state index contributed by atoms with van der Waals surface area (Å²) in [5, 5.41) is -1.21. The third-order valence-electron chi connectivity index (χ3n) is 4.54. The number of halogens is 8. The Balaban J connectivity index is 2.65. The summed E-state index contributed by atoms with van der Waals surface area (Å²) in [5.41, 5.74) is -1.65. The van der Waals surface area contributed by atoms with E-state index in [1.54, 1.807) is 0 Å². The van der Waals surface area contributed by atoms with Crippen LogP contribution in [0.2, 0.25) is 0 Å². The zero-order chi connectivity index (χ0) is 13.9. The molecule has 18 heavy (non-hydrogen) atoms. The molecule has 0 aromatic carbocycles. The molecule has 0 aromatic rings. The van der Waals surface area contributed by atoms with Gasteiger partial charge in [-0.15, -0.1) is 92.8 Å². The van der Waals surface area contributed by atoms with Crippen molar-refractivity contribution < 1.29 is 0 Å². The van der Waals surface area contributed by atoms with Gasteiger partial charge in [0.25, 0.3) is 0 Å². The summed E-state index contributed by atoms with van der Waals surface area (Å²) < 4.78 is 0.